The van der Waals surface area contributed by atoms with Crippen molar-refractivity contribution >= 4 is 35.7 Å². The quantitative estimate of drug-likeness (QED) is 0.188. The monoisotopic (exact) mass is 683 g/mol. The van der Waals surface area contributed by atoms with E-state index in [2.05, 4.69) is 23.8 Å². The Hall–Kier alpha value is -4.68. The van der Waals surface area contributed by atoms with E-state index in [1.54, 1.807) is 20.8 Å². The Balaban J connectivity index is 2.28. The van der Waals surface area contributed by atoms with Gasteiger partial charge in [0.05, 0.1) is 7.11 Å². The van der Waals surface area contributed by atoms with E-state index in [1.165, 1.54) is 34.0 Å². The van der Waals surface area contributed by atoms with Gasteiger partial charge in [-0.2, -0.15) is 0 Å². The summed E-state index contributed by atoms with van der Waals surface area (Å²) in [6.45, 7) is 16.0. The zero-order chi connectivity index (χ0) is 36.7. The van der Waals surface area contributed by atoms with E-state index in [9.17, 15) is 28.8 Å². The number of nitrogens with zero attached hydrogens (tertiary/aromatic N) is 3. The number of nitrogens with one attached hydrogen (secondary N) is 2. The third-order valence-electron chi connectivity index (χ3n) is 7.62. The van der Waals surface area contributed by atoms with E-state index in [4.69, 9.17) is 9.47 Å². The van der Waals surface area contributed by atoms with Crippen molar-refractivity contribution in [3.63, 3.8) is 0 Å². The number of benzene rings is 1. The molecule has 0 radical (unpaired) electrons. The molecular weight excluding hydrogens is 630 g/mol. The van der Waals surface area contributed by atoms with Crippen LogP contribution in [0, 0.1) is 5.92 Å². The van der Waals surface area contributed by atoms with Crippen LogP contribution in [-0.2, 0) is 39.9 Å². The van der Waals surface area contributed by atoms with Gasteiger partial charge < -0.3 is 29.9 Å². The minimum atomic E-state index is -1.05. The second kappa shape index (κ2) is 19.4. The molecule has 1 aliphatic rings. The lowest BCUT2D eigenvalue weighted by atomic mass is 10.0. The van der Waals surface area contributed by atoms with Crippen LogP contribution in [0.25, 0.3) is 0 Å². The van der Waals surface area contributed by atoms with Gasteiger partial charge in [-0.05, 0) is 51.5 Å². The maximum Gasteiger partial charge on any atom is 0.411 e. The molecule has 270 valence electrons. The number of likely N-dealkylation sites (tertiary alicyclic amines) is 1. The Morgan fingerprint density at radius 2 is 1.59 bits per heavy atom. The highest BCUT2D eigenvalue weighted by Crippen LogP contribution is 2.21. The van der Waals surface area contributed by atoms with Crippen LogP contribution in [0.5, 0.6) is 0 Å². The van der Waals surface area contributed by atoms with Crippen molar-refractivity contribution in [1.29, 1.82) is 0 Å². The van der Waals surface area contributed by atoms with Gasteiger partial charge in [-0.3, -0.25) is 28.9 Å². The van der Waals surface area contributed by atoms with Gasteiger partial charge in [-0.25, -0.2) is 4.79 Å². The Bertz CT molecular complexity index is 1330. The Morgan fingerprint density at radius 1 is 0.959 bits per heavy atom. The number of hydrogen-bond acceptors (Lipinski definition) is 8. The molecule has 13 heteroatoms. The number of hydrogen-bond donors (Lipinski definition) is 2. The first-order chi connectivity index (χ1) is 23.1. The summed E-state index contributed by atoms with van der Waals surface area (Å²) in [5.41, 5.74) is 0.0125. The van der Waals surface area contributed by atoms with Gasteiger partial charge in [0.1, 0.15) is 36.8 Å². The number of carbonyl (C=O) groups excluding carboxylic acids is 6. The molecule has 0 spiro atoms. The second-order valence-corrected chi connectivity index (χ2v) is 13.4. The molecule has 1 saturated heterocycles. The van der Waals surface area contributed by atoms with Gasteiger partial charge in [-0.15, -0.1) is 13.2 Å². The highest BCUT2D eigenvalue weighted by Gasteiger charge is 2.40. The largest absolute Gasteiger partial charge is 0.468 e. The molecule has 5 amide bonds. The minimum absolute atomic E-state index is 0.0118. The summed E-state index contributed by atoms with van der Waals surface area (Å²) in [6, 6.07) is 6.23. The molecule has 0 saturated carbocycles. The van der Waals surface area contributed by atoms with E-state index in [0.717, 1.165) is 5.56 Å². The fourth-order valence-electron chi connectivity index (χ4n) is 5.44. The third-order valence-corrected chi connectivity index (χ3v) is 7.62. The zero-order valence-electron chi connectivity index (χ0n) is 29.7. The van der Waals surface area contributed by atoms with E-state index in [0.29, 0.717) is 19.3 Å². The van der Waals surface area contributed by atoms with Crippen molar-refractivity contribution in [1.82, 2.24) is 25.3 Å². The topological polar surface area (TPSA) is 155 Å². The molecule has 49 heavy (non-hydrogen) atoms. The van der Waals surface area contributed by atoms with Crippen molar-refractivity contribution in [2.24, 2.45) is 5.92 Å². The summed E-state index contributed by atoms with van der Waals surface area (Å²) in [5.74, 6) is -2.63. The third kappa shape index (κ3) is 13.4. The lowest BCUT2D eigenvalue weighted by Gasteiger charge is -2.32. The predicted octanol–water partition coefficient (Wildman–Crippen LogP) is 2.85. The number of esters is 1. The highest BCUT2D eigenvalue weighted by molar-refractivity contribution is 5.95. The lowest BCUT2D eigenvalue weighted by Crippen LogP contribution is -2.58. The Morgan fingerprint density at radius 3 is 2.16 bits per heavy atom. The average molecular weight is 684 g/mol. The maximum atomic E-state index is 14.0. The molecule has 1 aromatic rings. The normalized spacial score (nSPS) is 15.4. The van der Waals surface area contributed by atoms with E-state index in [-0.39, 0.29) is 45.1 Å². The maximum absolute atomic E-state index is 14.0. The van der Waals surface area contributed by atoms with E-state index in [1.807, 2.05) is 44.2 Å². The zero-order valence-corrected chi connectivity index (χ0v) is 29.7. The molecule has 1 heterocycles. The molecule has 1 aliphatic heterocycles. The first-order valence-corrected chi connectivity index (χ1v) is 16.6. The summed E-state index contributed by atoms with van der Waals surface area (Å²) in [6.07, 6.45) is 3.60. The van der Waals surface area contributed by atoms with Crippen molar-refractivity contribution < 1.29 is 38.2 Å². The number of rotatable bonds is 17. The van der Waals surface area contributed by atoms with Crippen LogP contribution in [0.1, 0.15) is 59.4 Å². The second-order valence-electron chi connectivity index (χ2n) is 13.4. The Kier molecular flexibility index (Phi) is 16.0. The summed E-state index contributed by atoms with van der Waals surface area (Å²) < 4.78 is 10.2. The SMILES string of the molecule is C=CCN(CC(=O)N[C@@H](CC(C)C)C(=O)N1CCC[C@H]1C(=O)N[C@@H](Cc1ccccc1)C(=O)N(CC=C)CC(=O)OC)C(=O)OC(C)(C)C. The Labute approximate surface area is 290 Å². The average Bonchev–Trinajstić information content (AvgIpc) is 3.53. The van der Waals surface area contributed by atoms with Crippen LogP contribution in [0.15, 0.2) is 55.6 Å². The summed E-state index contributed by atoms with van der Waals surface area (Å²) >= 11 is 0. The van der Waals surface area contributed by atoms with Crippen LogP contribution in [0.4, 0.5) is 4.79 Å². The molecule has 13 nitrogen and oxygen atoms in total. The number of methoxy groups -OCH3 is 1. The molecule has 0 aliphatic carbocycles. The first-order valence-electron chi connectivity index (χ1n) is 16.6. The van der Waals surface area contributed by atoms with Crippen LogP contribution in [0.2, 0.25) is 0 Å². The molecule has 3 atom stereocenters. The number of ether oxygens (including phenoxy) is 2. The molecule has 1 fully saturated rings. The van der Waals surface area contributed by atoms with Crippen molar-refractivity contribution in [2.45, 2.75) is 84.0 Å². The minimum Gasteiger partial charge on any atom is -0.468 e. The molecule has 0 aromatic heterocycles. The molecule has 2 rings (SSSR count). The standard InChI is InChI=1S/C36H53N5O8/c1-9-18-39(24-31(43)48-8)33(45)28(22-26-15-12-11-13-16-26)38-32(44)29-17-14-20-41(29)34(46)27(21-25(3)4)37-30(42)23-40(19-10-2)35(47)49-36(5,6)7/h9-13,15-16,25,27-29H,1-2,14,17-24H2,3-8H3,(H,37,42)(H,38,44)/t27-,28-,29-/m0/s1. The highest BCUT2D eigenvalue weighted by atomic mass is 16.6. The van der Waals surface area contributed by atoms with Crippen molar-refractivity contribution in [3.8, 4) is 0 Å². The number of carbonyl (C=O) groups is 6. The van der Waals surface area contributed by atoms with E-state index < -0.39 is 59.4 Å². The lowest BCUT2D eigenvalue weighted by molar-refractivity contribution is -0.148. The molecule has 0 unspecified atom stereocenters. The van der Waals surface area contributed by atoms with Gasteiger partial charge in [0.15, 0.2) is 0 Å². The smallest absolute Gasteiger partial charge is 0.411 e. The van der Waals surface area contributed by atoms with Gasteiger partial charge >= 0.3 is 12.1 Å². The predicted molar refractivity (Wildman–Crippen MR) is 185 cm³/mol. The molecular formula is C36H53N5O8. The van der Waals surface area contributed by atoms with Crippen molar-refractivity contribution in [3.05, 3.63) is 61.2 Å². The van der Waals surface area contributed by atoms with Crippen LogP contribution >= 0.6 is 0 Å². The van der Waals surface area contributed by atoms with Crippen LogP contribution < -0.4 is 10.6 Å². The van der Waals surface area contributed by atoms with Gasteiger partial charge in [-0.1, -0.05) is 56.3 Å². The van der Waals surface area contributed by atoms with Crippen LogP contribution in [0.3, 0.4) is 0 Å². The van der Waals surface area contributed by atoms with E-state index >= 15 is 0 Å². The van der Waals surface area contributed by atoms with Crippen molar-refractivity contribution in [2.75, 3.05) is 39.8 Å². The number of amides is 5. The first kappa shape index (κ1) is 40.5. The fourth-order valence-corrected chi connectivity index (χ4v) is 5.44. The molecule has 0 bridgehead atoms. The van der Waals surface area contributed by atoms with Gasteiger partial charge in [0.2, 0.25) is 23.6 Å². The molecule has 1 aromatic carbocycles. The molecule has 2 N–H and O–H groups in total. The summed E-state index contributed by atoms with van der Waals surface area (Å²) in [5, 5.41) is 5.62. The summed E-state index contributed by atoms with van der Waals surface area (Å²) in [7, 11) is 1.22. The van der Waals surface area contributed by atoms with Gasteiger partial charge in [0.25, 0.3) is 0 Å². The van der Waals surface area contributed by atoms with Gasteiger partial charge in [0, 0.05) is 26.1 Å². The van der Waals surface area contributed by atoms with Crippen LogP contribution in [-0.4, -0.2) is 114 Å². The fraction of sp³-hybridized carbons (Fsp3) is 0.556. The summed E-state index contributed by atoms with van der Waals surface area (Å²) in [4.78, 5) is 83.5.